The van der Waals surface area contributed by atoms with Crippen LogP contribution in [-0.4, -0.2) is 26.4 Å². The fraction of sp³-hybridized carbons (Fsp3) is 0.308. The highest BCUT2D eigenvalue weighted by atomic mass is 35.5. The number of alkyl halides is 6. The first-order valence-corrected chi connectivity index (χ1v) is 8.02. The highest BCUT2D eigenvalue weighted by Gasteiger charge is 2.37. The van der Waals surface area contributed by atoms with Gasteiger partial charge in [0.1, 0.15) is 0 Å². The lowest BCUT2D eigenvalue weighted by atomic mass is 10.1. The zero-order valence-electron chi connectivity index (χ0n) is 12.7. The van der Waals surface area contributed by atoms with Gasteiger partial charge in [-0.25, -0.2) is 0 Å². The number of thioether (sulfide) groups is 1. The third-order valence-electron chi connectivity index (χ3n) is 2.98. The zero-order valence-corrected chi connectivity index (χ0v) is 14.3. The van der Waals surface area contributed by atoms with E-state index in [1.165, 1.54) is 0 Å². The van der Waals surface area contributed by atoms with E-state index in [0.29, 0.717) is 22.4 Å². The molecule has 1 amide bonds. The van der Waals surface area contributed by atoms with Crippen molar-refractivity contribution in [3.8, 4) is 0 Å². The number of rotatable bonds is 4. The lowest BCUT2D eigenvalue weighted by Gasteiger charge is -2.14. The second-order valence-electron chi connectivity index (χ2n) is 4.89. The SMILES string of the molecule is Cn1c(SCC(=O)Nc2ccc(Cl)cc2C(F)(F)F)nnc1C(F)(F)F. The van der Waals surface area contributed by atoms with Gasteiger partial charge in [-0.15, -0.1) is 10.2 Å². The largest absolute Gasteiger partial charge is 0.451 e. The monoisotopic (exact) mass is 418 g/mol. The van der Waals surface area contributed by atoms with Crippen molar-refractivity contribution in [2.45, 2.75) is 17.5 Å². The van der Waals surface area contributed by atoms with Crippen molar-refractivity contribution < 1.29 is 31.1 Å². The summed E-state index contributed by atoms with van der Waals surface area (Å²) in [6, 6.07) is 2.80. The first-order chi connectivity index (χ1) is 11.9. The van der Waals surface area contributed by atoms with E-state index in [9.17, 15) is 31.1 Å². The number of halogens is 7. The van der Waals surface area contributed by atoms with Crippen molar-refractivity contribution in [2.24, 2.45) is 7.05 Å². The number of amides is 1. The lowest BCUT2D eigenvalue weighted by molar-refractivity contribution is -0.147. The van der Waals surface area contributed by atoms with Crippen LogP contribution in [0.4, 0.5) is 32.0 Å². The van der Waals surface area contributed by atoms with Crippen LogP contribution in [-0.2, 0) is 24.2 Å². The van der Waals surface area contributed by atoms with Crippen LogP contribution in [0.2, 0.25) is 5.02 Å². The molecule has 0 aliphatic heterocycles. The van der Waals surface area contributed by atoms with Gasteiger partial charge in [-0.05, 0) is 18.2 Å². The van der Waals surface area contributed by atoms with Crippen LogP contribution in [0.3, 0.4) is 0 Å². The summed E-state index contributed by atoms with van der Waals surface area (Å²) in [5.74, 6) is -2.58. The summed E-state index contributed by atoms with van der Waals surface area (Å²) in [6.45, 7) is 0. The highest BCUT2D eigenvalue weighted by Crippen LogP contribution is 2.36. The van der Waals surface area contributed by atoms with Crippen molar-refractivity contribution in [2.75, 3.05) is 11.1 Å². The molecule has 0 saturated heterocycles. The Bertz CT molecular complexity index is 820. The van der Waals surface area contributed by atoms with Crippen LogP contribution in [0, 0.1) is 0 Å². The van der Waals surface area contributed by atoms with Crippen LogP contribution in [0.25, 0.3) is 0 Å². The molecule has 26 heavy (non-hydrogen) atoms. The summed E-state index contributed by atoms with van der Waals surface area (Å²) in [4.78, 5) is 11.9. The van der Waals surface area contributed by atoms with Gasteiger partial charge in [-0.3, -0.25) is 4.79 Å². The summed E-state index contributed by atoms with van der Waals surface area (Å²) < 4.78 is 77.3. The van der Waals surface area contributed by atoms with E-state index < -0.39 is 41.1 Å². The topological polar surface area (TPSA) is 59.8 Å². The Morgan fingerprint density at radius 3 is 2.38 bits per heavy atom. The second kappa shape index (κ2) is 7.35. The van der Waals surface area contributed by atoms with E-state index in [0.717, 1.165) is 19.2 Å². The molecule has 1 heterocycles. The molecular weight excluding hydrogens is 410 g/mol. The molecule has 1 aromatic heterocycles. The Hall–Kier alpha value is -1.95. The van der Waals surface area contributed by atoms with Gasteiger partial charge in [0, 0.05) is 12.1 Å². The standard InChI is InChI=1S/C13H9ClF6N4OS/c1-24-10(13(18,19)20)22-23-11(24)26-5-9(25)21-8-3-2-6(14)4-7(8)12(15,16)17/h2-4H,5H2,1H3,(H,21,25). The Balaban J connectivity index is 2.08. The zero-order chi connectivity index (χ0) is 19.7. The molecule has 2 rings (SSSR count). The fourth-order valence-electron chi connectivity index (χ4n) is 1.86. The van der Waals surface area contributed by atoms with Gasteiger partial charge in [0.15, 0.2) is 5.16 Å². The van der Waals surface area contributed by atoms with Crippen LogP contribution in [0.15, 0.2) is 23.4 Å². The summed E-state index contributed by atoms with van der Waals surface area (Å²) >= 11 is 6.13. The number of hydrogen-bond acceptors (Lipinski definition) is 4. The maximum Gasteiger partial charge on any atom is 0.451 e. The van der Waals surface area contributed by atoms with Gasteiger partial charge in [0.2, 0.25) is 11.7 Å². The minimum Gasteiger partial charge on any atom is -0.325 e. The number of carbonyl (C=O) groups is 1. The Morgan fingerprint density at radius 1 is 1.19 bits per heavy atom. The quantitative estimate of drug-likeness (QED) is 0.596. The van der Waals surface area contributed by atoms with Crippen molar-refractivity contribution in [3.05, 3.63) is 34.6 Å². The van der Waals surface area contributed by atoms with Gasteiger partial charge in [-0.1, -0.05) is 23.4 Å². The molecule has 0 spiro atoms. The molecule has 0 aliphatic rings. The summed E-state index contributed by atoms with van der Waals surface area (Å²) in [7, 11) is 1.06. The average molecular weight is 419 g/mol. The number of carbonyl (C=O) groups excluding carboxylic acids is 1. The second-order valence-corrected chi connectivity index (χ2v) is 6.27. The molecule has 0 bridgehead atoms. The van der Waals surface area contributed by atoms with E-state index in [1.807, 2.05) is 0 Å². The van der Waals surface area contributed by atoms with E-state index >= 15 is 0 Å². The number of hydrogen-bond donors (Lipinski definition) is 1. The average Bonchev–Trinajstić information content (AvgIpc) is 2.87. The maximum absolute atomic E-state index is 13.0. The first kappa shape index (κ1) is 20.4. The number of nitrogens with zero attached hydrogens (tertiary/aromatic N) is 3. The summed E-state index contributed by atoms with van der Waals surface area (Å²) in [5.41, 5.74) is -1.65. The normalized spacial score (nSPS) is 12.3. The van der Waals surface area contributed by atoms with Crippen molar-refractivity contribution in [1.82, 2.24) is 14.8 Å². The maximum atomic E-state index is 13.0. The predicted molar refractivity (Wildman–Crippen MR) is 81.8 cm³/mol. The van der Waals surface area contributed by atoms with Gasteiger partial charge in [-0.2, -0.15) is 26.3 Å². The van der Waals surface area contributed by atoms with E-state index in [1.54, 1.807) is 0 Å². The number of anilines is 1. The molecule has 0 fully saturated rings. The highest BCUT2D eigenvalue weighted by molar-refractivity contribution is 7.99. The fourth-order valence-corrected chi connectivity index (χ4v) is 2.75. The molecule has 1 N–H and O–H groups in total. The first-order valence-electron chi connectivity index (χ1n) is 6.65. The van der Waals surface area contributed by atoms with Crippen molar-refractivity contribution in [1.29, 1.82) is 0 Å². The van der Waals surface area contributed by atoms with Crippen LogP contribution < -0.4 is 5.32 Å². The molecule has 1 aromatic carbocycles. The van der Waals surface area contributed by atoms with Gasteiger partial charge in [0.25, 0.3) is 0 Å². The molecular formula is C13H9ClF6N4OS. The summed E-state index contributed by atoms with van der Waals surface area (Å²) in [5, 5.41) is 7.97. The molecule has 0 radical (unpaired) electrons. The molecule has 0 unspecified atom stereocenters. The van der Waals surface area contributed by atoms with E-state index in [-0.39, 0.29) is 10.2 Å². The number of nitrogens with one attached hydrogen (secondary N) is 1. The summed E-state index contributed by atoms with van der Waals surface area (Å²) in [6.07, 6.45) is -9.46. The smallest absolute Gasteiger partial charge is 0.325 e. The lowest BCUT2D eigenvalue weighted by Crippen LogP contribution is -2.18. The third kappa shape index (κ3) is 4.81. The van der Waals surface area contributed by atoms with Crippen LogP contribution in [0.1, 0.15) is 11.4 Å². The molecule has 5 nitrogen and oxygen atoms in total. The molecule has 0 atom stereocenters. The van der Waals surface area contributed by atoms with Gasteiger partial charge >= 0.3 is 12.4 Å². The van der Waals surface area contributed by atoms with E-state index in [2.05, 4.69) is 15.5 Å². The van der Waals surface area contributed by atoms with Crippen LogP contribution >= 0.6 is 23.4 Å². The molecule has 0 aliphatic carbocycles. The van der Waals surface area contributed by atoms with Gasteiger partial charge < -0.3 is 9.88 Å². The molecule has 13 heteroatoms. The molecule has 142 valence electrons. The van der Waals surface area contributed by atoms with E-state index in [4.69, 9.17) is 11.6 Å². The predicted octanol–water partition coefficient (Wildman–Crippen LogP) is 4.24. The van der Waals surface area contributed by atoms with Crippen molar-refractivity contribution in [3.63, 3.8) is 0 Å². The Kier molecular flexibility index (Phi) is 5.76. The number of benzene rings is 1. The van der Waals surface area contributed by atoms with Gasteiger partial charge in [0.05, 0.1) is 17.0 Å². The van der Waals surface area contributed by atoms with Crippen molar-refractivity contribution >= 4 is 35.0 Å². The Labute approximate surface area is 151 Å². The molecule has 2 aromatic rings. The minimum atomic E-state index is -4.74. The molecule has 0 saturated carbocycles. The third-order valence-corrected chi connectivity index (χ3v) is 4.24. The van der Waals surface area contributed by atoms with Crippen LogP contribution in [0.5, 0.6) is 0 Å². The number of aromatic nitrogens is 3. The Morgan fingerprint density at radius 2 is 1.85 bits per heavy atom. The minimum absolute atomic E-state index is 0.163.